The summed E-state index contributed by atoms with van der Waals surface area (Å²) in [5.74, 6) is -0.906. The van der Waals surface area contributed by atoms with Gasteiger partial charge in [-0.3, -0.25) is 14.9 Å². The van der Waals surface area contributed by atoms with Gasteiger partial charge in [0, 0.05) is 6.07 Å². The van der Waals surface area contributed by atoms with Crippen LogP contribution in [0.5, 0.6) is 0 Å². The molecule has 10 heteroatoms. The number of halogens is 4. The van der Waals surface area contributed by atoms with E-state index in [0.29, 0.717) is 11.3 Å². The van der Waals surface area contributed by atoms with Crippen LogP contribution in [0, 0.1) is 10.1 Å². The Hall–Kier alpha value is -2.13. The summed E-state index contributed by atoms with van der Waals surface area (Å²) in [7, 11) is 0. The topological polar surface area (TPSA) is 72.2 Å². The van der Waals surface area contributed by atoms with Gasteiger partial charge >= 0.3 is 6.18 Å². The number of alkyl halides is 3. The zero-order valence-electron chi connectivity index (χ0n) is 10.5. The van der Waals surface area contributed by atoms with Crippen LogP contribution in [-0.4, -0.2) is 10.8 Å². The van der Waals surface area contributed by atoms with Gasteiger partial charge in [0.15, 0.2) is 4.34 Å². The summed E-state index contributed by atoms with van der Waals surface area (Å²) >= 11 is 6.22. The number of benzene rings is 1. The van der Waals surface area contributed by atoms with Crippen molar-refractivity contribution in [1.29, 1.82) is 0 Å². The Kier molecular flexibility index (Phi) is 4.38. The quantitative estimate of drug-likeness (QED) is 0.650. The first-order valence-electron chi connectivity index (χ1n) is 5.61. The largest absolute Gasteiger partial charge is 0.418 e. The fourth-order valence-corrected chi connectivity index (χ4v) is 2.74. The maximum atomic E-state index is 12.8. The van der Waals surface area contributed by atoms with Crippen molar-refractivity contribution in [3.63, 3.8) is 0 Å². The number of para-hydroxylation sites is 1. The van der Waals surface area contributed by atoms with Crippen LogP contribution >= 0.6 is 22.9 Å². The fourth-order valence-electron chi connectivity index (χ4n) is 1.62. The molecule has 0 fully saturated rings. The van der Waals surface area contributed by atoms with Crippen molar-refractivity contribution in [2.45, 2.75) is 6.18 Å². The molecule has 5 nitrogen and oxygen atoms in total. The molecule has 0 saturated heterocycles. The summed E-state index contributed by atoms with van der Waals surface area (Å²) in [6.45, 7) is 0. The van der Waals surface area contributed by atoms with E-state index in [2.05, 4.69) is 5.32 Å². The zero-order chi connectivity index (χ0) is 16.5. The van der Waals surface area contributed by atoms with Crippen molar-refractivity contribution >= 4 is 40.2 Å². The van der Waals surface area contributed by atoms with E-state index in [0.717, 1.165) is 18.2 Å². The highest BCUT2D eigenvalue weighted by Gasteiger charge is 2.34. The van der Waals surface area contributed by atoms with Gasteiger partial charge in [0.2, 0.25) is 0 Å². The van der Waals surface area contributed by atoms with E-state index in [9.17, 15) is 28.1 Å². The van der Waals surface area contributed by atoms with E-state index in [4.69, 9.17) is 11.6 Å². The van der Waals surface area contributed by atoms with Crippen LogP contribution in [0.25, 0.3) is 0 Å². The molecule has 0 aliphatic heterocycles. The van der Waals surface area contributed by atoms with Crippen molar-refractivity contribution in [3.8, 4) is 0 Å². The summed E-state index contributed by atoms with van der Waals surface area (Å²) in [5, 5.41) is 12.7. The van der Waals surface area contributed by atoms with Crippen LogP contribution in [0.15, 0.2) is 30.3 Å². The highest BCUT2D eigenvalue weighted by Crippen LogP contribution is 2.36. The van der Waals surface area contributed by atoms with E-state index in [1.165, 1.54) is 12.1 Å². The van der Waals surface area contributed by atoms with E-state index in [1.54, 1.807) is 0 Å². The Balaban J connectivity index is 2.30. The number of hydrogen-bond donors (Lipinski definition) is 1. The van der Waals surface area contributed by atoms with Gasteiger partial charge in [0.05, 0.1) is 16.2 Å². The molecule has 0 bridgehead atoms. The number of carbonyl (C=O) groups excluding carboxylic acids is 1. The lowest BCUT2D eigenvalue weighted by molar-refractivity contribution is -0.384. The molecule has 0 unspecified atom stereocenters. The molecular formula is C12H6ClF3N2O3S. The van der Waals surface area contributed by atoms with Gasteiger partial charge in [-0.1, -0.05) is 23.7 Å². The van der Waals surface area contributed by atoms with Gasteiger partial charge in [-0.05, 0) is 12.1 Å². The van der Waals surface area contributed by atoms with Crippen LogP contribution in [0.1, 0.15) is 15.2 Å². The zero-order valence-corrected chi connectivity index (χ0v) is 12.1. The third kappa shape index (κ3) is 3.37. The molecule has 0 atom stereocenters. The second kappa shape index (κ2) is 5.93. The maximum Gasteiger partial charge on any atom is 0.418 e. The number of nitrogens with one attached hydrogen (secondary N) is 1. The van der Waals surface area contributed by atoms with Gasteiger partial charge < -0.3 is 5.32 Å². The normalized spacial score (nSPS) is 11.3. The first-order chi connectivity index (χ1) is 10.2. The Morgan fingerprint density at radius 1 is 1.32 bits per heavy atom. The number of nitrogens with zero attached hydrogens (tertiary/aromatic N) is 1. The molecule has 0 aliphatic carbocycles. The summed E-state index contributed by atoms with van der Waals surface area (Å²) in [5.41, 5.74) is -1.92. The van der Waals surface area contributed by atoms with Crippen molar-refractivity contribution in [2.75, 3.05) is 5.32 Å². The third-order valence-corrected chi connectivity index (χ3v) is 3.91. The molecule has 1 N–H and O–H groups in total. The number of anilines is 1. The van der Waals surface area contributed by atoms with E-state index < -0.39 is 33.9 Å². The SMILES string of the molecule is O=C(Nc1ccccc1C(F)(F)F)c1cc([N+](=O)[O-])c(Cl)s1. The Labute approximate surface area is 130 Å². The summed E-state index contributed by atoms with van der Waals surface area (Å²) in [4.78, 5) is 21.6. The number of rotatable bonds is 3. The van der Waals surface area contributed by atoms with Crippen LogP contribution < -0.4 is 5.32 Å². The lowest BCUT2D eigenvalue weighted by Crippen LogP contribution is -2.15. The van der Waals surface area contributed by atoms with Gasteiger partial charge in [-0.15, -0.1) is 11.3 Å². The predicted octanol–water partition coefficient (Wildman–Crippen LogP) is 4.58. The molecule has 1 amide bonds. The average molecular weight is 351 g/mol. The lowest BCUT2D eigenvalue weighted by Gasteiger charge is -2.12. The highest BCUT2D eigenvalue weighted by molar-refractivity contribution is 7.18. The van der Waals surface area contributed by atoms with Crippen molar-refractivity contribution in [2.24, 2.45) is 0 Å². The van der Waals surface area contributed by atoms with Gasteiger partial charge in [-0.25, -0.2) is 0 Å². The van der Waals surface area contributed by atoms with E-state index in [1.807, 2.05) is 0 Å². The number of amides is 1. The van der Waals surface area contributed by atoms with Crippen molar-refractivity contribution in [3.05, 3.63) is 55.2 Å². The predicted molar refractivity (Wildman–Crippen MR) is 75.4 cm³/mol. The smallest absolute Gasteiger partial charge is 0.321 e. The third-order valence-electron chi connectivity index (χ3n) is 2.57. The minimum atomic E-state index is -4.64. The molecule has 0 radical (unpaired) electrons. The minimum absolute atomic E-state index is 0.159. The molecule has 22 heavy (non-hydrogen) atoms. The van der Waals surface area contributed by atoms with Crippen LogP contribution in [0.3, 0.4) is 0 Å². The van der Waals surface area contributed by atoms with Gasteiger partial charge in [0.1, 0.15) is 4.88 Å². The minimum Gasteiger partial charge on any atom is -0.321 e. The number of carbonyl (C=O) groups is 1. The summed E-state index contributed by atoms with van der Waals surface area (Å²) in [6, 6.07) is 5.34. The van der Waals surface area contributed by atoms with Crippen LogP contribution in [0.2, 0.25) is 4.34 Å². The molecule has 1 aromatic heterocycles. The second-order valence-electron chi connectivity index (χ2n) is 4.02. The Morgan fingerprint density at radius 2 is 1.95 bits per heavy atom. The fraction of sp³-hybridized carbons (Fsp3) is 0.0833. The van der Waals surface area contributed by atoms with Gasteiger partial charge in [0.25, 0.3) is 11.6 Å². The molecule has 1 aromatic carbocycles. The monoisotopic (exact) mass is 350 g/mol. The van der Waals surface area contributed by atoms with E-state index >= 15 is 0 Å². The standard InChI is InChI=1S/C12H6ClF3N2O3S/c13-10-8(18(20)21)5-9(22-10)11(19)17-7-4-2-1-3-6(7)12(14,15)16/h1-5H,(H,17,19). The van der Waals surface area contributed by atoms with Crippen molar-refractivity contribution < 1.29 is 22.9 Å². The molecule has 2 rings (SSSR count). The first kappa shape index (κ1) is 16.2. The Bertz CT molecular complexity index is 745. The molecule has 1 heterocycles. The van der Waals surface area contributed by atoms with Gasteiger partial charge in [-0.2, -0.15) is 13.2 Å². The number of hydrogen-bond acceptors (Lipinski definition) is 4. The average Bonchev–Trinajstić information content (AvgIpc) is 2.80. The van der Waals surface area contributed by atoms with Crippen LogP contribution in [-0.2, 0) is 6.18 Å². The molecule has 0 saturated carbocycles. The highest BCUT2D eigenvalue weighted by atomic mass is 35.5. The molecule has 2 aromatic rings. The molecule has 0 aliphatic rings. The van der Waals surface area contributed by atoms with Crippen LogP contribution in [0.4, 0.5) is 24.5 Å². The molecule has 0 spiro atoms. The second-order valence-corrected chi connectivity index (χ2v) is 5.68. The summed E-state index contributed by atoms with van der Waals surface area (Å²) in [6.07, 6.45) is -4.64. The Morgan fingerprint density at radius 3 is 2.50 bits per heavy atom. The summed E-state index contributed by atoms with van der Waals surface area (Å²) < 4.78 is 38.2. The number of nitro groups is 1. The molecular weight excluding hydrogens is 345 g/mol. The maximum absolute atomic E-state index is 12.8. The number of thiophene rings is 1. The van der Waals surface area contributed by atoms with E-state index in [-0.39, 0.29) is 9.21 Å². The van der Waals surface area contributed by atoms with Crippen molar-refractivity contribution in [1.82, 2.24) is 0 Å². The molecule has 116 valence electrons. The first-order valence-corrected chi connectivity index (χ1v) is 6.81. The lowest BCUT2D eigenvalue weighted by atomic mass is 10.1.